The van der Waals surface area contributed by atoms with Gasteiger partial charge in [0.2, 0.25) is 5.91 Å². The molecular formula is C11H18N2O3. The lowest BCUT2D eigenvalue weighted by Crippen LogP contribution is -2.46. The van der Waals surface area contributed by atoms with Crippen LogP contribution in [0.2, 0.25) is 0 Å². The van der Waals surface area contributed by atoms with Crippen molar-refractivity contribution >= 4 is 11.9 Å². The standard InChI is InChI=1S/C11H18N2O3/c1-6(2)9(11(15)16)13-10(14)7(3)8-4-12-5-8/h6,9,12H,4-5H2,1-3H3,(H,13,14)(H,15,16). The fraction of sp³-hybridized carbons (Fsp3) is 0.636. The zero-order chi connectivity index (χ0) is 12.3. The average Bonchev–Trinajstić information content (AvgIpc) is 2.09. The third-order valence-electron chi connectivity index (χ3n) is 2.77. The molecule has 5 heteroatoms. The second kappa shape index (κ2) is 5.12. The summed E-state index contributed by atoms with van der Waals surface area (Å²) in [7, 11) is 0. The molecule has 0 aromatic carbocycles. The molecule has 0 aromatic rings. The lowest BCUT2D eigenvalue weighted by molar-refractivity contribution is -0.142. The van der Waals surface area contributed by atoms with Crippen LogP contribution in [0.4, 0.5) is 0 Å². The van der Waals surface area contributed by atoms with Gasteiger partial charge in [0, 0.05) is 18.7 Å². The van der Waals surface area contributed by atoms with Crippen LogP contribution in [-0.4, -0.2) is 36.1 Å². The molecule has 0 spiro atoms. The fourth-order valence-electron chi connectivity index (χ4n) is 1.44. The van der Waals surface area contributed by atoms with Gasteiger partial charge in [0.05, 0.1) is 0 Å². The molecule has 1 aliphatic heterocycles. The number of hydrogen-bond donors (Lipinski definition) is 3. The van der Waals surface area contributed by atoms with Gasteiger partial charge < -0.3 is 15.7 Å². The van der Waals surface area contributed by atoms with Gasteiger partial charge in [-0.05, 0) is 18.4 Å². The highest BCUT2D eigenvalue weighted by Crippen LogP contribution is 2.10. The number of carboxylic acids is 1. The van der Waals surface area contributed by atoms with Crippen LogP contribution in [0.15, 0.2) is 11.1 Å². The summed E-state index contributed by atoms with van der Waals surface area (Å²) in [6.07, 6.45) is 0. The number of carbonyl (C=O) groups excluding carboxylic acids is 1. The predicted molar refractivity (Wildman–Crippen MR) is 60.0 cm³/mol. The van der Waals surface area contributed by atoms with Gasteiger partial charge in [-0.25, -0.2) is 4.79 Å². The maximum Gasteiger partial charge on any atom is 0.326 e. The molecule has 0 radical (unpaired) electrons. The molecule has 0 aliphatic carbocycles. The maximum atomic E-state index is 11.7. The van der Waals surface area contributed by atoms with Crippen molar-refractivity contribution in [3.8, 4) is 0 Å². The van der Waals surface area contributed by atoms with Crippen molar-refractivity contribution in [3.05, 3.63) is 11.1 Å². The molecule has 0 bridgehead atoms. The molecule has 16 heavy (non-hydrogen) atoms. The van der Waals surface area contributed by atoms with Gasteiger partial charge in [-0.2, -0.15) is 0 Å². The summed E-state index contributed by atoms with van der Waals surface area (Å²) in [6, 6.07) is -0.823. The van der Waals surface area contributed by atoms with Crippen molar-refractivity contribution < 1.29 is 14.7 Å². The Morgan fingerprint density at radius 1 is 1.38 bits per heavy atom. The first-order valence-corrected chi connectivity index (χ1v) is 5.36. The van der Waals surface area contributed by atoms with Gasteiger partial charge in [-0.3, -0.25) is 4.79 Å². The van der Waals surface area contributed by atoms with Crippen LogP contribution >= 0.6 is 0 Å². The Hall–Kier alpha value is -1.36. The van der Waals surface area contributed by atoms with Crippen molar-refractivity contribution in [1.82, 2.24) is 10.6 Å². The smallest absolute Gasteiger partial charge is 0.326 e. The Morgan fingerprint density at radius 2 is 1.94 bits per heavy atom. The largest absolute Gasteiger partial charge is 0.480 e. The molecule has 0 saturated carbocycles. The summed E-state index contributed by atoms with van der Waals surface area (Å²) in [5.74, 6) is -1.40. The van der Waals surface area contributed by atoms with Crippen molar-refractivity contribution in [3.63, 3.8) is 0 Å². The highest BCUT2D eigenvalue weighted by atomic mass is 16.4. The van der Waals surface area contributed by atoms with Crippen molar-refractivity contribution in [2.24, 2.45) is 5.92 Å². The van der Waals surface area contributed by atoms with E-state index in [2.05, 4.69) is 10.6 Å². The normalized spacial score (nSPS) is 16.6. The molecule has 3 N–H and O–H groups in total. The van der Waals surface area contributed by atoms with Crippen LogP contribution in [0, 0.1) is 5.92 Å². The van der Waals surface area contributed by atoms with Crippen molar-refractivity contribution in [2.45, 2.75) is 26.8 Å². The fourth-order valence-corrected chi connectivity index (χ4v) is 1.44. The van der Waals surface area contributed by atoms with E-state index < -0.39 is 12.0 Å². The van der Waals surface area contributed by atoms with Gasteiger partial charge in [0.25, 0.3) is 0 Å². The molecule has 0 aromatic heterocycles. The molecule has 1 atom stereocenters. The van der Waals surface area contributed by atoms with E-state index in [1.165, 1.54) is 0 Å². The van der Waals surface area contributed by atoms with Gasteiger partial charge >= 0.3 is 5.97 Å². The van der Waals surface area contributed by atoms with Crippen LogP contribution in [0.5, 0.6) is 0 Å². The molecule has 1 aliphatic rings. The van der Waals surface area contributed by atoms with E-state index in [4.69, 9.17) is 5.11 Å². The number of carboxylic acid groups (broad SMARTS) is 1. The quantitative estimate of drug-likeness (QED) is 0.595. The summed E-state index contributed by atoms with van der Waals surface area (Å²) < 4.78 is 0. The number of aliphatic carboxylic acids is 1. The van der Waals surface area contributed by atoms with Gasteiger partial charge in [0.1, 0.15) is 6.04 Å². The summed E-state index contributed by atoms with van der Waals surface area (Å²) in [6.45, 7) is 6.71. The SMILES string of the molecule is CC(C(=O)NC(C(=O)O)C(C)C)=C1CNC1. The third kappa shape index (κ3) is 2.82. The molecule has 1 amide bonds. The summed E-state index contributed by atoms with van der Waals surface area (Å²) in [4.78, 5) is 22.6. The van der Waals surface area contributed by atoms with E-state index >= 15 is 0 Å². The molecule has 1 saturated heterocycles. The Balaban J connectivity index is 2.65. The monoisotopic (exact) mass is 226 g/mol. The highest BCUT2D eigenvalue weighted by molar-refractivity contribution is 5.96. The minimum atomic E-state index is -0.993. The third-order valence-corrected chi connectivity index (χ3v) is 2.77. The summed E-state index contributed by atoms with van der Waals surface area (Å²) >= 11 is 0. The van der Waals surface area contributed by atoms with E-state index in [-0.39, 0.29) is 11.8 Å². The van der Waals surface area contributed by atoms with E-state index in [0.29, 0.717) is 5.57 Å². The average molecular weight is 226 g/mol. The van der Waals surface area contributed by atoms with E-state index in [9.17, 15) is 9.59 Å². The first-order valence-electron chi connectivity index (χ1n) is 5.36. The molecule has 90 valence electrons. The van der Waals surface area contributed by atoms with E-state index in [1.54, 1.807) is 20.8 Å². The van der Waals surface area contributed by atoms with Gasteiger partial charge in [-0.1, -0.05) is 13.8 Å². The molecular weight excluding hydrogens is 208 g/mol. The lowest BCUT2D eigenvalue weighted by atomic mass is 10.0. The van der Waals surface area contributed by atoms with Crippen LogP contribution in [0.3, 0.4) is 0 Å². The zero-order valence-electron chi connectivity index (χ0n) is 9.83. The van der Waals surface area contributed by atoms with Crippen LogP contribution in [0.1, 0.15) is 20.8 Å². The number of carbonyl (C=O) groups is 2. The predicted octanol–water partition coefficient (Wildman–Crippen LogP) is 0.132. The second-order valence-electron chi connectivity index (χ2n) is 4.37. The Morgan fingerprint density at radius 3 is 2.25 bits per heavy atom. The van der Waals surface area contributed by atoms with Crippen LogP contribution in [0.25, 0.3) is 0 Å². The summed E-state index contributed by atoms with van der Waals surface area (Å²) in [5, 5.41) is 14.5. The van der Waals surface area contributed by atoms with Gasteiger partial charge in [0.15, 0.2) is 0 Å². The Labute approximate surface area is 94.9 Å². The number of nitrogens with one attached hydrogen (secondary N) is 2. The summed E-state index contributed by atoms with van der Waals surface area (Å²) in [5.41, 5.74) is 1.68. The number of amides is 1. The molecule has 1 rings (SSSR count). The van der Waals surface area contributed by atoms with Crippen LogP contribution < -0.4 is 10.6 Å². The Kier molecular flexibility index (Phi) is 4.06. The van der Waals surface area contributed by atoms with Crippen molar-refractivity contribution in [1.29, 1.82) is 0 Å². The molecule has 5 nitrogen and oxygen atoms in total. The Bertz CT molecular complexity index is 328. The topological polar surface area (TPSA) is 78.4 Å². The molecule has 1 heterocycles. The van der Waals surface area contributed by atoms with Crippen molar-refractivity contribution in [2.75, 3.05) is 13.1 Å². The van der Waals surface area contributed by atoms with E-state index in [1.807, 2.05) is 0 Å². The molecule has 1 fully saturated rings. The number of rotatable bonds is 4. The highest BCUT2D eigenvalue weighted by Gasteiger charge is 2.25. The first kappa shape index (κ1) is 12.7. The van der Waals surface area contributed by atoms with E-state index in [0.717, 1.165) is 18.7 Å². The zero-order valence-corrected chi connectivity index (χ0v) is 9.83. The minimum absolute atomic E-state index is 0.126. The minimum Gasteiger partial charge on any atom is -0.480 e. The first-order chi connectivity index (χ1) is 7.43. The lowest BCUT2D eigenvalue weighted by Gasteiger charge is -2.23. The van der Waals surface area contributed by atoms with Gasteiger partial charge in [-0.15, -0.1) is 0 Å². The second-order valence-corrected chi connectivity index (χ2v) is 4.37. The van der Waals surface area contributed by atoms with Crippen LogP contribution in [-0.2, 0) is 9.59 Å². The molecule has 1 unspecified atom stereocenters. The number of hydrogen-bond acceptors (Lipinski definition) is 3. The maximum absolute atomic E-state index is 11.7.